The summed E-state index contributed by atoms with van der Waals surface area (Å²) in [6, 6.07) is 15.0. The number of aryl methyl sites for hydroxylation is 1. The van der Waals surface area contributed by atoms with E-state index in [0.717, 1.165) is 44.7 Å². The van der Waals surface area contributed by atoms with Gasteiger partial charge in [-0.15, -0.1) is 11.3 Å². The van der Waals surface area contributed by atoms with Crippen molar-refractivity contribution in [2.75, 3.05) is 11.9 Å². The number of unbranched alkanes of at least 4 members (excludes halogenated alkanes) is 1. The van der Waals surface area contributed by atoms with Gasteiger partial charge >= 0.3 is 5.97 Å². The van der Waals surface area contributed by atoms with Crippen molar-refractivity contribution in [2.24, 2.45) is 0 Å². The Morgan fingerprint density at radius 2 is 1.97 bits per heavy atom. The molecule has 0 saturated heterocycles. The molecule has 0 aliphatic rings. The van der Waals surface area contributed by atoms with Crippen LogP contribution in [0.5, 0.6) is 0 Å². The highest BCUT2D eigenvalue weighted by atomic mass is 35.5. The highest BCUT2D eigenvalue weighted by molar-refractivity contribution is 7.19. The third-order valence-electron chi connectivity index (χ3n) is 4.89. The number of rotatable bonds is 7. The molecule has 4 rings (SSSR count). The lowest BCUT2D eigenvalue weighted by Crippen LogP contribution is -2.06. The van der Waals surface area contributed by atoms with Gasteiger partial charge in [0.2, 0.25) is 0 Å². The Labute approximate surface area is 190 Å². The van der Waals surface area contributed by atoms with Crippen molar-refractivity contribution in [3.8, 4) is 11.1 Å². The van der Waals surface area contributed by atoms with Gasteiger partial charge in [0.15, 0.2) is 0 Å². The number of nitrogens with one attached hydrogen (secondary N) is 1. The van der Waals surface area contributed by atoms with Gasteiger partial charge in [-0.2, -0.15) is 0 Å². The second-order valence-electron chi connectivity index (χ2n) is 7.14. The van der Waals surface area contributed by atoms with Crippen LogP contribution in [-0.2, 0) is 4.74 Å². The van der Waals surface area contributed by atoms with Crippen LogP contribution in [0.1, 0.15) is 35.0 Å². The highest BCUT2D eigenvalue weighted by Gasteiger charge is 2.17. The fourth-order valence-corrected chi connectivity index (χ4v) is 4.49. The van der Waals surface area contributed by atoms with E-state index in [-0.39, 0.29) is 5.97 Å². The minimum Gasteiger partial charge on any atom is -0.462 e. The smallest absolute Gasteiger partial charge is 0.338 e. The minimum atomic E-state index is -0.321. The molecule has 5 nitrogen and oxygen atoms in total. The van der Waals surface area contributed by atoms with Gasteiger partial charge in [0.25, 0.3) is 0 Å². The van der Waals surface area contributed by atoms with E-state index >= 15 is 0 Å². The summed E-state index contributed by atoms with van der Waals surface area (Å²) in [7, 11) is 0. The molecular formula is C24H22ClN3O2S. The molecular weight excluding hydrogens is 430 g/mol. The number of anilines is 2. The van der Waals surface area contributed by atoms with Gasteiger partial charge in [-0.3, -0.25) is 0 Å². The van der Waals surface area contributed by atoms with Crippen molar-refractivity contribution in [1.29, 1.82) is 0 Å². The Kier molecular flexibility index (Phi) is 6.49. The Bertz CT molecular complexity index is 1220. The van der Waals surface area contributed by atoms with Crippen molar-refractivity contribution in [1.82, 2.24) is 9.97 Å². The molecule has 0 unspecified atom stereocenters. The van der Waals surface area contributed by atoms with Crippen LogP contribution in [0.2, 0.25) is 5.02 Å². The number of carbonyl (C=O) groups is 1. The number of ether oxygens (including phenoxy) is 1. The number of esters is 1. The van der Waals surface area contributed by atoms with E-state index in [4.69, 9.17) is 16.3 Å². The van der Waals surface area contributed by atoms with E-state index in [1.165, 1.54) is 0 Å². The lowest BCUT2D eigenvalue weighted by molar-refractivity contribution is 0.0500. The largest absolute Gasteiger partial charge is 0.462 e. The Morgan fingerprint density at radius 1 is 1.16 bits per heavy atom. The summed E-state index contributed by atoms with van der Waals surface area (Å²) in [5.74, 6) is 0.369. The first-order valence-electron chi connectivity index (χ1n) is 10.1. The summed E-state index contributed by atoms with van der Waals surface area (Å²) in [4.78, 5) is 23.3. The molecule has 0 atom stereocenters. The molecule has 0 radical (unpaired) electrons. The zero-order valence-corrected chi connectivity index (χ0v) is 18.9. The third kappa shape index (κ3) is 4.70. The van der Waals surface area contributed by atoms with Crippen LogP contribution >= 0.6 is 22.9 Å². The van der Waals surface area contributed by atoms with E-state index in [0.29, 0.717) is 23.0 Å². The maximum Gasteiger partial charge on any atom is 0.338 e. The molecule has 2 aromatic carbocycles. The number of aromatic nitrogens is 2. The number of fused-ring (bicyclic) bond motifs is 1. The van der Waals surface area contributed by atoms with Crippen molar-refractivity contribution in [3.63, 3.8) is 0 Å². The molecule has 2 heterocycles. The van der Waals surface area contributed by atoms with Crippen molar-refractivity contribution < 1.29 is 9.53 Å². The van der Waals surface area contributed by atoms with Crippen LogP contribution in [0, 0.1) is 6.92 Å². The van der Waals surface area contributed by atoms with Gasteiger partial charge in [-0.1, -0.05) is 43.1 Å². The van der Waals surface area contributed by atoms with Gasteiger partial charge in [0, 0.05) is 21.2 Å². The van der Waals surface area contributed by atoms with Gasteiger partial charge in [0.1, 0.15) is 17.0 Å². The lowest BCUT2D eigenvalue weighted by atomic mass is 10.0. The minimum absolute atomic E-state index is 0.321. The van der Waals surface area contributed by atoms with Crippen LogP contribution in [0.25, 0.3) is 21.3 Å². The number of halogens is 1. The van der Waals surface area contributed by atoms with Crippen LogP contribution in [0.3, 0.4) is 0 Å². The second kappa shape index (κ2) is 9.45. The number of thiophene rings is 1. The molecule has 0 fully saturated rings. The maximum atomic E-state index is 12.3. The van der Waals surface area contributed by atoms with E-state index in [1.807, 2.05) is 36.4 Å². The molecule has 0 saturated carbocycles. The van der Waals surface area contributed by atoms with Gasteiger partial charge in [-0.05, 0) is 49.2 Å². The number of benzene rings is 2. The predicted molar refractivity (Wildman–Crippen MR) is 128 cm³/mol. The molecule has 0 bridgehead atoms. The van der Waals surface area contributed by atoms with E-state index in [9.17, 15) is 4.79 Å². The molecule has 7 heteroatoms. The number of hydrogen-bond donors (Lipinski definition) is 1. The Hall–Kier alpha value is -2.96. The summed E-state index contributed by atoms with van der Waals surface area (Å²) in [5, 5.41) is 5.01. The predicted octanol–water partition coefficient (Wildman–Crippen LogP) is 7.02. The first kappa shape index (κ1) is 21.3. The maximum absolute atomic E-state index is 12.3. The third-order valence-corrected chi connectivity index (χ3v) is 6.15. The van der Waals surface area contributed by atoms with Crippen LogP contribution in [-0.4, -0.2) is 22.5 Å². The van der Waals surface area contributed by atoms with Gasteiger partial charge < -0.3 is 10.1 Å². The van der Waals surface area contributed by atoms with E-state index in [1.54, 1.807) is 29.8 Å². The molecule has 2 aromatic heterocycles. The average molecular weight is 452 g/mol. The highest BCUT2D eigenvalue weighted by Crippen LogP contribution is 2.41. The molecule has 158 valence electrons. The normalized spacial score (nSPS) is 10.9. The summed E-state index contributed by atoms with van der Waals surface area (Å²) in [6.07, 6.45) is 3.39. The van der Waals surface area contributed by atoms with Crippen molar-refractivity contribution in [3.05, 3.63) is 70.3 Å². The fourth-order valence-electron chi connectivity index (χ4n) is 3.36. The Morgan fingerprint density at radius 3 is 2.74 bits per heavy atom. The van der Waals surface area contributed by atoms with E-state index < -0.39 is 0 Å². The molecule has 0 amide bonds. The summed E-state index contributed by atoms with van der Waals surface area (Å²) < 4.78 is 5.33. The number of hydrogen-bond acceptors (Lipinski definition) is 6. The van der Waals surface area contributed by atoms with Crippen LogP contribution < -0.4 is 5.32 Å². The number of carbonyl (C=O) groups excluding carboxylic acids is 1. The monoisotopic (exact) mass is 451 g/mol. The zero-order chi connectivity index (χ0) is 21.8. The van der Waals surface area contributed by atoms with Crippen molar-refractivity contribution in [2.45, 2.75) is 26.7 Å². The molecule has 0 spiro atoms. The first-order valence-corrected chi connectivity index (χ1v) is 11.3. The first-order chi connectivity index (χ1) is 15.1. The zero-order valence-electron chi connectivity index (χ0n) is 17.3. The topological polar surface area (TPSA) is 64.1 Å². The molecule has 4 aromatic rings. The molecule has 0 aliphatic heterocycles. The SMILES string of the molecule is CCCCOC(=O)c1cccc(Nc2ncnc3sc(C)c(-c4ccc(Cl)cc4)c23)c1. The van der Waals surface area contributed by atoms with Crippen LogP contribution in [0.4, 0.5) is 11.5 Å². The quantitative estimate of drug-likeness (QED) is 0.241. The molecule has 31 heavy (non-hydrogen) atoms. The lowest BCUT2D eigenvalue weighted by Gasteiger charge is -2.10. The number of nitrogens with zero attached hydrogens (tertiary/aromatic N) is 2. The molecule has 1 N–H and O–H groups in total. The van der Waals surface area contributed by atoms with E-state index in [2.05, 4.69) is 29.1 Å². The fraction of sp³-hybridized carbons (Fsp3) is 0.208. The average Bonchev–Trinajstić information content (AvgIpc) is 3.11. The molecule has 0 aliphatic carbocycles. The standard InChI is InChI=1S/C24H22ClN3O2S/c1-3-4-12-30-24(29)17-6-5-7-19(13-17)28-22-21-20(16-8-10-18(25)11-9-16)15(2)31-23(21)27-14-26-22/h5-11,13-14H,3-4,12H2,1-2H3,(H,26,27,28). The summed E-state index contributed by atoms with van der Waals surface area (Å²) in [5.41, 5.74) is 3.40. The van der Waals surface area contributed by atoms with Crippen molar-refractivity contribution >= 4 is 50.6 Å². The summed E-state index contributed by atoms with van der Waals surface area (Å²) in [6.45, 7) is 4.57. The summed E-state index contributed by atoms with van der Waals surface area (Å²) >= 11 is 7.70. The van der Waals surface area contributed by atoms with Gasteiger partial charge in [-0.25, -0.2) is 14.8 Å². The second-order valence-corrected chi connectivity index (χ2v) is 8.78. The van der Waals surface area contributed by atoms with Gasteiger partial charge in [0.05, 0.1) is 17.6 Å². The Balaban J connectivity index is 1.69. The van der Waals surface area contributed by atoms with Crippen LogP contribution in [0.15, 0.2) is 54.9 Å².